The van der Waals surface area contributed by atoms with E-state index < -0.39 is 0 Å². The van der Waals surface area contributed by atoms with Gasteiger partial charge in [0.1, 0.15) is 12.4 Å². The number of nitrogens with zero attached hydrogens (tertiary/aromatic N) is 2. The van der Waals surface area contributed by atoms with E-state index in [0.29, 0.717) is 50.0 Å². The molecule has 0 aromatic heterocycles. The molecule has 1 heterocycles. The number of hydrogen-bond acceptors (Lipinski definition) is 5. The highest BCUT2D eigenvalue weighted by atomic mass is 35.5. The predicted molar refractivity (Wildman–Crippen MR) is 145 cm³/mol. The van der Waals surface area contributed by atoms with Crippen LogP contribution in [0.2, 0.25) is 10.0 Å². The van der Waals surface area contributed by atoms with Crippen molar-refractivity contribution in [2.24, 2.45) is 4.99 Å². The summed E-state index contributed by atoms with van der Waals surface area (Å²) in [4.78, 5) is 20.0. The number of amidine groups is 1. The highest BCUT2D eigenvalue weighted by molar-refractivity contribution is 8.18. The molecule has 186 valence electrons. The van der Waals surface area contributed by atoms with Crippen LogP contribution in [0.15, 0.2) is 70.6 Å². The van der Waals surface area contributed by atoms with Crippen LogP contribution in [0.3, 0.4) is 0 Å². The molecule has 4 rings (SSSR count). The Balaban J connectivity index is 1.60. The molecule has 1 saturated heterocycles. The first-order valence-corrected chi connectivity index (χ1v) is 12.8. The van der Waals surface area contributed by atoms with Gasteiger partial charge < -0.3 is 9.47 Å². The maximum absolute atomic E-state index is 14.0. The Hall–Kier alpha value is -3.00. The van der Waals surface area contributed by atoms with Crippen LogP contribution in [0.1, 0.15) is 24.5 Å². The third kappa shape index (κ3) is 6.03. The van der Waals surface area contributed by atoms with Crippen molar-refractivity contribution >= 4 is 57.8 Å². The molecule has 0 bridgehead atoms. The van der Waals surface area contributed by atoms with E-state index in [-0.39, 0.29) is 23.4 Å². The molecular formula is C27H23Cl2FN2O3S. The molecule has 36 heavy (non-hydrogen) atoms. The quantitative estimate of drug-likeness (QED) is 0.272. The molecule has 1 aliphatic rings. The Bertz CT molecular complexity index is 1330. The fourth-order valence-electron chi connectivity index (χ4n) is 3.52. The van der Waals surface area contributed by atoms with Gasteiger partial charge in [-0.15, -0.1) is 0 Å². The molecule has 1 aliphatic heterocycles. The van der Waals surface area contributed by atoms with Crippen LogP contribution in [0, 0.1) is 5.82 Å². The second-order valence-electron chi connectivity index (χ2n) is 7.85. The zero-order valence-corrected chi connectivity index (χ0v) is 22.0. The molecule has 0 N–H and O–H groups in total. The van der Waals surface area contributed by atoms with Gasteiger partial charge in [-0.2, -0.15) is 0 Å². The predicted octanol–water partition coefficient (Wildman–Crippen LogP) is 7.73. The molecule has 1 fully saturated rings. The maximum atomic E-state index is 14.0. The monoisotopic (exact) mass is 544 g/mol. The Morgan fingerprint density at radius 1 is 1.11 bits per heavy atom. The third-order valence-corrected chi connectivity index (χ3v) is 6.81. The molecule has 0 spiro atoms. The summed E-state index contributed by atoms with van der Waals surface area (Å²) in [5.41, 5.74) is 1.77. The van der Waals surface area contributed by atoms with Crippen molar-refractivity contribution in [3.63, 3.8) is 0 Å². The van der Waals surface area contributed by atoms with Gasteiger partial charge in [-0.1, -0.05) is 48.3 Å². The molecule has 0 radical (unpaired) electrons. The van der Waals surface area contributed by atoms with E-state index in [4.69, 9.17) is 32.7 Å². The third-order valence-electron chi connectivity index (χ3n) is 5.27. The van der Waals surface area contributed by atoms with E-state index in [9.17, 15) is 9.18 Å². The van der Waals surface area contributed by atoms with Gasteiger partial charge in [-0.3, -0.25) is 9.69 Å². The first-order chi connectivity index (χ1) is 17.4. The van der Waals surface area contributed by atoms with E-state index in [2.05, 4.69) is 4.99 Å². The molecule has 0 atom stereocenters. The number of amides is 1. The summed E-state index contributed by atoms with van der Waals surface area (Å²) in [7, 11) is 1.49. The summed E-state index contributed by atoms with van der Waals surface area (Å²) < 4.78 is 25.2. The summed E-state index contributed by atoms with van der Waals surface area (Å²) in [6.45, 7) is 2.54. The van der Waals surface area contributed by atoms with E-state index in [1.807, 2.05) is 6.92 Å². The molecular weight excluding hydrogens is 522 g/mol. The van der Waals surface area contributed by atoms with Crippen molar-refractivity contribution in [3.8, 4) is 11.5 Å². The van der Waals surface area contributed by atoms with Gasteiger partial charge >= 0.3 is 0 Å². The number of halogens is 3. The number of methoxy groups -OCH3 is 1. The average molecular weight is 545 g/mol. The number of ether oxygens (including phenoxy) is 2. The van der Waals surface area contributed by atoms with Crippen molar-refractivity contribution in [2.45, 2.75) is 20.0 Å². The topological polar surface area (TPSA) is 51.1 Å². The minimum absolute atomic E-state index is 0.00593. The van der Waals surface area contributed by atoms with E-state index >= 15 is 0 Å². The Morgan fingerprint density at radius 3 is 2.56 bits per heavy atom. The zero-order chi connectivity index (χ0) is 25.7. The molecule has 0 aliphatic carbocycles. The van der Waals surface area contributed by atoms with Gasteiger partial charge in [-0.05, 0) is 72.3 Å². The number of carbonyl (C=O) groups excluding carboxylic acids is 1. The Labute approximate surface area is 223 Å². The Morgan fingerprint density at radius 2 is 1.86 bits per heavy atom. The lowest BCUT2D eigenvalue weighted by atomic mass is 10.1. The summed E-state index contributed by atoms with van der Waals surface area (Å²) in [6, 6.07) is 16.9. The average Bonchev–Trinajstić information content (AvgIpc) is 3.14. The minimum Gasteiger partial charge on any atom is -0.493 e. The SMILES string of the molecule is CCCN1C(=O)/C(=C/c2cc(Cl)c(OCc3ccccc3F)c(OC)c2)SC1=Nc1ccc(Cl)cc1. The van der Waals surface area contributed by atoms with Crippen molar-refractivity contribution < 1.29 is 18.7 Å². The fraction of sp³-hybridized carbons (Fsp3) is 0.185. The Kier molecular flexibility index (Phi) is 8.56. The lowest BCUT2D eigenvalue weighted by molar-refractivity contribution is -0.122. The van der Waals surface area contributed by atoms with Gasteiger partial charge in [0.15, 0.2) is 16.7 Å². The van der Waals surface area contributed by atoms with Crippen LogP contribution in [-0.2, 0) is 11.4 Å². The normalized spacial score (nSPS) is 15.7. The molecule has 9 heteroatoms. The first-order valence-electron chi connectivity index (χ1n) is 11.2. The summed E-state index contributed by atoms with van der Waals surface area (Å²) in [5.74, 6) is 0.178. The maximum Gasteiger partial charge on any atom is 0.266 e. The smallest absolute Gasteiger partial charge is 0.266 e. The second-order valence-corrected chi connectivity index (χ2v) is 9.71. The van der Waals surface area contributed by atoms with Crippen LogP contribution in [0.5, 0.6) is 11.5 Å². The van der Waals surface area contributed by atoms with Crippen LogP contribution in [0.4, 0.5) is 10.1 Å². The van der Waals surface area contributed by atoms with Crippen LogP contribution in [0.25, 0.3) is 6.08 Å². The zero-order valence-electron chi connectivity index (χ0n) is 19.6. The molecule has 0 unspecified atom stereocenters. The highest BCUT2D eigenvalue weighted by Gasteiger charge is 2.33. The number of aliphatic imine (C=N–C) groups is 1. The summed E-state index contributed by atoms with van der Waals surface area (Å²) in [6.07, 6.45) is 2.53. The van der Waals surface area contributed by atoms with Crippen LogP contribution < -0.4 is 9.47 Å². The molecule has 0 saturated carbocycles. The van der Waals surface area contributed by atoms with Crippen molar-refractivity contribution in [2.75, 3.05) is 13.7 Å². The van der Waals surface area contributed by atoms with Crippen molar-refractivity contribution in [1.29, 1.82) is 0 Å². The lowest BCUT2D eigenvalue weighted by Gasteiger charge is -2.14. The summed E-state index contributed by atoms with van der Waals surface area (Å²) >= 11 is 13.8. The largest absolute Gasteiger partial charge is 0.493 e. The van der Waals surface area contributed by atoms with Crippen molar-refractivity contribution in [1.82, 2.24) is 4.90 Å². The van der Waals surface area contributed by atoms with Gasteiger partial charge in [0.2, 0.25) is 0 Å². The van der Waals surface area contributed by atoms with Gasteiger partial charge in [-0.25, -0.2) is 9.38 Å². The van der Waals surface area contributed by atoms with E-state index in [1.165, 1.54) is 24.9 Å². The highest BCUT2D eigenvalue weighted by Crippen LogP contribution is 2.40. The number of rotatable bonds is 8. The fourth-order valence-corrected chi connectivity index (χ4v) is 4.94. The first kappa shape index (κ1) is 26.1. The number of hydrogen-bond donors (Lipinski definition) is 0. The number of thioether (sulfide) groups is 1. The number of benzene rings is 3. The molecule has 1 amide bonds. The molecule has 3 aromatic carbocycles. The number of carbonyl (C=O) groups is 1. The van der Waals surface area contributed by atoms with E-state index in [0.717, 1.165) is 6.42 Å². The van der Waals surface area contributed by atoms with Gasteiger partial charge in [0, 0.05) is 17.1 Å². The van der Waals surface area contributed by atoms with Crippen LogP contribution in [-0.4, -0.2) is 29.6 Å². The standard InChI is InChI=1S/C27H23Cl2FN2O3S/c1-3-12-32-26(33)24(36-27(32)31-20-10-8-19(28)9-11-20)15-17-13-21(29)25(23(14-17)34-2)35-16-18-6-4-5-7-22(18)30/h4-11,13-15H,3,12,16H2,1-2H3/b24-15-,31-27?. The molecule has 3 aromatic rings. The van der Waals surface area contributed by atoms with Crippen molar-refractivity contribution in [3.05, 3.63) is 92.6 Å². The minimum atomic E-state index is -0.363. The summed E-state index contributed by atoms with van der Waals surface area (Å²) in [5, 5.41) is 1.50. The van der Waals surface area contributed by atoms with E-state index in [1.54, 1.807) is 65.6 Å². The van der Waals surface area contributed by atoms with Gasteiger partial charge in [0.05, 0.1) is 22.7 Å². The van der Waals surface area contributed by atoms with Gasteiger partial charge in [0.25, 0.3) is 5.91 Å². The second kappa shape index (κ2) is 11.8. The lowest BCUT2D eigenvalue weighted by Crippen LogP contribution is -2.29. The van der Waals surface area contributed by atoms with Crippen LogP contribution >= 0.6 is 35.0 Å². The molecule has 5 nitrogen and oxygen atoms in total.